The lowest BCUT2D eigenvalue weighted by molar-refractivity contribution is -0.0778. The van der Waals surface area contributed by atoms with Crippen LogP contribution in [0.4, 0.5) is 0 Å². The van der Waals surface area contributed by atoms with Gasteiger partial charge in [0.25, 0.3) is 0 Å². The van der Waals surface area contributed by atoms with Crippen molar-refractivity contribution < 1.29 is 29.9 Å². The molecule has 0 aliphatic carbocycles. The molecule has 0 fully saturated rings. The molecule has 3 atom stereocenters. The highest BCUT2D eigenvalue weighted by Crippen LogP contribution is 2.53. The molecule has 0 spiro atoms. The van der Waals surface area contributed by atoms with Crippen molar-refractivity contribution in [3.63, 3.8) is 0 Å². The summed E-state index contributed by atoms with van der Waals surface area (Å²) in [5.41, 5.74) is 0.885. The Kier molecular flexibility index (Phi) is 2.29. The first-order valence-electron chi connectivity index (χ1n) is 6.45. The maximum atomic E-state index is 10.4. The zero-order valence-electron chi connectivity index (χ0n) is 10.7. The van der Waals surface area contributed by atoms with Crippen molar-refractivity contribution in [1.82, 2.24) is 0 Å². The summed E-state index contributed by atoms with van der Waals surface area (Å²) in [7, 11) is 0. The van der Waals surface area contributed by atoms with Gasteiger partial charge in [-0.25, -0.2) is 0 Å². The van der Waals surface area contributed by atoms with Gasteiger partial charge in [0.05, 0.1) is 5.56 Å². The Balaban J connectivity index is 1.91. The predicted molar refractivity (Wildman–Crippen MR) is 70.6 cm³/mol. The Hall–Kier alpha value is -2.60. The number of aliphatic hydroxyl groups excluding tert-OH is 1. The summed E-state index contributed by atoms with van der Waals surface area (Å²) >= 11 is 0. The highest BCUT2D eigenvalue weighted by atomic mass is 16.5. The maximum absolute atomic E-state index is 10.4. The molecular weight excluding hydrogens is 276 g/mol. The Morgan fingerprint density at radius 3 is 2.33 bits per heavy atom. The van der Waals surface area contributed by atoms with Gasteiger partial charge in [0.2, 0.25) is 0 Å². The number of hydrogen-bond acceptors (Lipinski definition) is 6. The number of ether oxygens (including phenoxy) is 2. The van der Waals surface area contributed by atoms with Gasteiger partial charge < -0.3 is 29.9 Å². The number of hydrogen-bond donors (Lipinski definition) is 4. The Morgan fingerprint density at radius 2 is 1.52 bits per heavy atom. The Morgan fingerprint density at radius 1 is 0.810 bits per heavy atom. The third kappa shape index (κ3) is 1.62. The topological polar surface area (TPSA) is 99.4 Å². The van der Waals surface area contributed by atoms with Crippen LogP contribution in [0.1, 0.15) is 23.3 Å². The molecule has 2 aliphatic rings. The van der Waals surface area contributed by atoms with Crippen LogP contribution in [0, 0.1) is 0 Å². The summed E-state index contributed by atoms with van der Waals surface area (Å²) in [6.07, 6.45) is -2.51. The minimum atomic E-state index is -0.995. The molecule has 6 heteroatoms. The number of phenolic OH excluding ortho intramolecular Hbond substituents is 3. The zero-order valence-corrected chi connectivity index (χ0v) is 10.7. The largest absolute Gasteiger partial charge is 0.508 e. The Bertz CT molecular complexity index is 741. The van der Waals surface area contributed by atoms with E-state index in [9.17, 15) is 20.4 Å². The SMILES string of the molecule is Oc1ccc2c(c1)OC1c3c(O)cc(O)cc3OC2C1O. The number of aromatic hydroxyl groups is 3. The molecule has 108 valence electrons. The van der Waals surface area contributed by atoms with E-state index in [1.54, 1.807) is 6.07 Å². The van der Waals surface area contributed by atoms with Gasteiger partial charge in [-0.2, -0.15) is 0 Å². The molecule has 2 aromatic carbocycles. The fourth-order valence-electron chi connectivity index (χ4n) is 2.89. The second-order valence-electron chi connectivity index (χ2n) is 5.17. The highest BCUT2D eigenvalue weighted by Gasteiger charge is 2.46. The molecule has 21 heavy (non-hydrogen) atoms. The maximum Gasteiger partial charge on any atom is 0.161 e. The van der Waals surface area contributed by atoms with E-state index in [4.69, 9.17) is 9.47 Å². The normalized spacial score (nSPS) is 25.3. The summed E-state index contributed by atoms with van der Waals surface area (Å²) in [5.74, 6) is 0.362. The average Bonchev–Trinajstić information content (AvgIpc) is 2.40. The molecule has 2 bridgehead atoms. The van der Waals surface area contributed by atoms with Crippen LogP contribution in [0.2, 0.25) is 0 Å². The van der Waals surface area contributed by atoms with Crippen LogP contribution in [-0.2, 0) is 0 Å². The molecule has 0 radical (unpaired) electrons. The first-order valence-corrected chi connectivity index (χ1v) is 6.45. The number of benzene rings is 2. The fourth-order valence-corrected chi connectivity index (χ4v) is 2.89. The standard InChI is InChI=1S/C15H12O6/c16-6-1-2-8-10(4-6)20-15-12-9(18)3-7(17)5-11(12)21-14(8)13(15)19/h1-5,13-19H. The first kappa shape index (κ1) is 12.2. The lowest BCUT2D eigenvalue weighted by Crippen LogP contribution is -2.40. The van der Waals surface area contributed by atoms with E-state index in [1.807, 2.05) is 0 Å². The van der Waals surface area contributed by atoms with Crippen LogP contribution in [-0.4, -0.2) is 26.5 Å². The zero-order chi connectivity index (χ0) is 14.7. The van der Waals surface area contributed by atoms with Crippen molar-refractivity contribution >= 4 is 0 Å². The van der Waals surface area contributed by atoms with E-state index in [0.29, 0.717) is 11.3 Å². The second-order valence-corrected chi connectivity index (χ2v) is 5.17. The van der Waals surface area contributed by atoms with Crippen molar-refractivity contribution in [2.75, 3.05) is 0 Å². The molecule has 6 nitrogen and oxygen atoms in total. The van der Waals surface area contributed by atoms with Gasteiger partial charge in [0, 0.05) is 23.8 Å². The van der Waals surface area contributed by atoms with E-state index in [0.717, 1.165) is 6.07 Å². The van der Waals surface area contributed by atoms with Gasteiger partial charge in [0.1, 0.15) is 34.9 Å². The van der Waals surface area contributed by atoms with E-state index < -0.39 is 18.3 Å². The first-order chi connectivity index (χ1) is 10.0. The summed E-state index contributed by atoms with van der Waals surface area (Å²) < 4.78 is 11.4. The molecule has 0 saturated carbocycles. The summed E-state index contributed by atoms with van der Waals surface area (Å²) in [4.78, 5) is 0. The number of phenols is 3. The quantitative estimate of drug-likeness (QED) is 0.589. The monoisotopic (exact) mass is 288 g/mol. The van der Waals surface area contributed by atoms with Gasteiger partial charge >= 0.3 is 0 Å². The van der Waals surface area contributed by atoms with Crippen molar-refractivity contribution in [2.24, 2.45) is 0 Å². The molecule has 4 rings (SSSR count). The van der Waals surface area contributed by atoms with Crippen LogP contribution in [0.25, 0.3) is 0 Å². The molecule has 0 saturated heterocycles. The van der Waals surface area contributed by atoms with Crippen molar-refractivity contribution in [2.45, 2.75) is 18.3 Å². The predicted octanol–water partition coefficient (Wildman–Crippen LogP) is 1.73. The van der Waals surface area contributed by atoms with Gasteiger partial charge in [-0.3, -0.25) is 0 Å². The van der Waals surface area contributed by atoms with Gasteiger partial charge in [-0.15, -0.1) is 0 Å². The van der Waals surface area contributed by atoms with Crippen LogP contribution in [0.3, 0.4) is 0 Å². The molecular formula is C15H12O6. The van der Waals surface area contributed by atoms with Gasteiger partial charge in [-0.05, 0) is 12.1 Å². The molecule has 0 amide bonds. The van der Waals surface area contributed by atoms with Crippen molar-refractivity contribution in [3.05, 3.63) is 41.5 Å². The number of aliphatic hydroxyl groups is 1. The van der Waals surface area contributed by atoms with E-state index in [-0.39, 0.29) is 28.6 Å². The van der Waals surface area contributed by atoms with Crippen LogP contribution >= 0.6 is 0 Å². The average molecular weight is 288 g/mol. The minimum absolute atomic E-state index is 0.0402. The lowest BCUT2D eigenvalue weighted by Gasteiger charge is -2.41. The second kappa shape index (κ2) is 3.95. The van der Waals surface area contributed by atoms with Gasteiger partial charge in [-0.1, -0.05) is 0 Å². The fraction of sp³-hybridized carbons (Fsp3) is 0.200. The van der Waals surface area contributed by atoms with Crippen LogP contribution < -0.4 is 9.47 Å². The Labute approximate surface area is 119 Å². The third-order valence-electron chi connectivity index (χ3n) is 3.82. The summed E-state index contributed by atoms with van der Waals surface area (Å²) in [6, 6.07) is 7.07. The van der Waals surface area contributed by atoms with Crippen LogP contribution in [0.5, 0.6) is 28.7 Å². The molecule has 4 N–H and O–H groups in total. The molecule has 2 aromatic rings. The number of rotatable bonds is 0. The molecule has 3 unspecified atom stereocenters. The van der Waals surface area contributed by atoms with E-state index >= 15 is 0 Å². The smallest absolute Gasteiger partial charge is 0.161 e. The van der Waals surface area contributed by atoms with Gasteiger partial charge in [0.15, 0.2) is 12.2 Å². The number of fused-ring (bicyclic) bond motifs is 6. The summed E-state index contributed by atoms with van der Waals surface area (Å²) in [6.45, 7) is 0. The third-order valence-corrected chi connectivity index (χ3v) is 3.82. The lowest BCUT2D eigenvalue weighted by atomic mass is 9.88. The molecule has 0 aromatic heterocycles. The van der Waals surface area contributed by atoms with Crippen LogP contribution in [0.15, 0.2) is 30.3 Å². The van der Waals surface area contributed by atoms with E-state index in [2.05, 4.69) is 0 Å². The minimum Gasteiger partial charge on any atom is -0.508 e. The van der Waals surface area contributed by atoms with Crippen molar-refractivity contribution in [3.8, 4) is 28.7 Å². The van der Waals surface area contributed by atoms with Crippen molar-refractivity contribution in [1.29, 1.82) is 0 Å². The molecule has 2 aliphatic heterocycles. The molecule has 2 heterocycles. The van der Waals surface area contributed by atoms with E-state index in [1.165, 1.54) is 18.2 Å². The highest BCUT2D eigenvalue weighted by molar-refractivity contribution is 5.56. The summed E-state index contributed by atoms with van der Waals surface area (Å²) in [5, 5.41) is 39.4.